The number of benzene rings is 1. The van der Waals surface area contributed by atoms with Crippen molar-refractivity contribution >= 4 is 37.5 Å². The molecule has 3 atom stereocenters. The molecule has 0 saturated heterocycles. The van der Waals surface area contributed by atoms with Crippen molar-refractivity contribution in [2.45, 2.75) is 97.4 Å². The van der Waals surface area contributed by atoms with Crippen molar-refractivity contribution in [2.24, 2.45) is 28.3 Å². The zero-order valence-electron chi connectivity index (χ0n) is 28.3. The van der Waals surface area contributed by atoms with Crippen LogP contribution in [0.4, 0.5) is 4.79 Å². The number of hydrogen-bond acceptors (Lipinski definition) is 8. The summed E-state index contributed by atoms with van der Waals surface area (Å²) < 4.78 is 10.8. The van der Waals surface area contributed by atoms with E-state index in [9.17, 15) is 19.2 Å². The topological polar surface area (TPSA) is 175 Å². The van der Waals surface area contributed by atoms with Crippen molar-refractivity contribution in [1.82, 2.24) is 10.6 Å². The van der Waals surface area contributed by atoms with Gasteiger partial charge in [-0.05, 0) is 77.7 Å². The Balaban J connectivity index is 2.80. The summed E-state index contributed by atoms with van der Waals surface area (Å²) in [6.07, 6.45) is 2.63. The van der Waals surface area contributed by atoms with Gasteiger partial charge < -0.3 is 31.6 Å². The smallest absolute Gasteiger partial charge is 0.407 e. The summed E-state index contributed by atoms with van der Waals surface area (Å²) in [6, 6.07) is 7.70. The number of Topliss-reactive ketones (excluding diaryl/α,β-unsaturated/α-hetero) is 1. The molecule has 0 unspecified atom stereocenters. The molecule has 0 spiro atoms. The lowest BCUT2D eigenvalue weighted by molar-refractivity contribution is -0.153. The van der Waals surface area contributed by atoms with Crippen molar-refractivity contribution in [3.05, 3.63) is 35.9 Å². The highest BCUT2D eigenvalue weighted by atomic mass is 31.1. The van der Waals surface area contributed by atoms with Crippen LogP contribution in [0.5, 0.6) is 0 Å². The van der Waals surface area contributed by atoms with Crippen LogP contribution in [0.15, 0.2) is 35.3 Å². The molecule has 45 heavy (non-hydrogen) atoms. The second-order valence-corrected chi connectivity index (χ2v) is 15.4. The maximum atomic E-state index is 13.6. The van der Waals surface area contributed by atoms with E-state index in [1.165, 1.54) is 0 Å². The highest BCUT2D eigenvalue weighted by Crippen LogP contribution is 2.23. The van der Waals surface area contributed by atoms with Crippen LogP contribution >= 0.6 is 7.92 Å². The first kappa shape index (κ1) is 40.0. The number of aliphatic imine (C=N–C) groups is 1. The molecule has 0 heterocycles. The fourth-order valence-corrected chi connectivity index (χ4v) is 5.14. The Morgan fingerprint density at radius 2 is 1.67 bits per heavy atom. The average Bonchev–Trinajstić information content (AvgIpc) is 2.94. The van der Waals surface area contributed by atoms with Gasteiger partial charge in [0.05, 0.1) is 23.8 Å². The summed E-state index contributed by atoms with van der Waals surface area (Å²) in [7, 11) is -0.212. The van der Waals surface area contributed by atoms with Crippen LogP contribution in [0, 0.1) is 11.8 Å². The molecule has 254 valence electrons. The zero-order valence-corrected chi connectivity index (χ0v) is 29.2. The number of unbranched alkanes of at least 4 members (excludes halogenated alkanes) is 1. The number of ketones is 1. The van der Waals surface area contributed by atoms with Crippen LogP contribution in [0.1, 0.15) is 78.7 Å². The molecule has 0 aliphatic heterocycles. The standard InChI is InChI=1S/C33H56N5O6P/c1-23(2)25(31(41)43-21-24-14-9-8-10-15-24)20-28(39)27(17-13-19-36-29(35)22-45(6)7)38-30(40)26(34)16-11-12-18-37-32(42)44-33(3,4)5/h8-10,14-15,23,25-27H,11-13,16-22,34H2,1-7H3,(H2,35,36)(H,37,42)(H,38,40)/t25-,26+,27+/m0/s1. The Bertz CT molecular complexity index is 1090. The Hall–Kier alpha value is -3.04. The molecular formula is C33H56N5O6P. The maximum absolute atomic E-state index is 13.6. The van der Waals surface area contributed by atoms with E-state index in [1.807, 2.05) is 44.2 Å². The number of rotatable bonds is 20. The van der Waals surface area contributed by atoms with E-state index in [4.69, 9.17) is 20.9 Å². The molecule has 0 saturated carbocycles. The molecule has 2 amide bonds. The van der Waals surface area contributed by atoms with E-state index in [2.05, 4.69) is 29.0 Å². The maximum Gasteiger partial charge on any atom is 0.407 e. The molecule has 0 aliphatic carbocycles. The van der Waals surface area contributed by atoms with Gasteiger partial charge in [-0.3, -0.25) is 19.4 Å². The summed E-state index contributed by atoms with van der Waals surface area (Å²) >= 11 is 0. The first-order chi connectivity index (χ1) is 21.1. The normalized spacial score (nSPS) is 14.0. The molecule has 12 heteroatoms. The van der Waals surface area contributed by atoms with Gasteiger partial charge in [-0.15, -0.1) is 7.92 Å². The van der Waals surface area contributed by atoms with Crippen molar-refractivity contribution in [3.63, 3.8) is 0 Å². The van der Waals surface area contributed by atoms with E-state index >= 15 is 0 Å². The summed E-state index contributed by atoms with van der Waals surface area (Å²) in [4.78, 5) is 55.8. The Labute approximate surface area is 270 Å². The number of nitrogens with two attached hydrogens (primary N) is 2. The van der Waals surface area contributed by atoms with Gasteiger partial charge in [-0.25, -0.2) is 4.79 Å². The van der Waals surface area contributed by atoms with E-state index < -0.39 is 41.6 Å². The predicted octanol–water partition coefficient (Wildman–Crippen LogP) is 4.35. The molecule has 0 aliphatic rings. The van der Waals surface area contributed by atoms with Gasteiger partial charge >= 0.3 is 12.1 Å². The largest absolute Gasteiger partial charge is 0.461 e. The van der Waals surface area contributed by atoms with Crippen LogP contribution in [-0.2, 0) is 30.5 Å². The van der Waals surface area contributed by atoms with Crippen LogP contribution in [0.2, 0.25) is 0 Å². The lowest BCUT2D eigenvalue weighted by Gasteiger charge is -2.24. The predicted molar refractivity (Wildman–Crippen MR) is 182 cm³/mol. The van der Waals surface area contributed by atoms with Crippen molar-refractivity contribution in [3.8, 4) is 0 Å². The average molecular weight is 650 g/mol. The minimum Gasteiger partial charge on any atom is -0.461 e. The third-order valence-electron chi connectivity index (χ3n) is 6.85. The van der Waals surface area contributed by atoms with Gasteiger partial charge in [0, 0.05) is 25.7 Å². The second-order valence-electron chi connectivity index (χ2n) is 13.0. The Morgan fingerprint density at radius 3 is 2.27 bits per heavy atom. The van der Waals surface area contributed by atoms with Gasteiger partial charge in [0.25, 0.3) is 0 Å². The van der Waals surface area contributed by atoms with Crippen LogP contribution < -0.4 is 22.1 Å². The molecule has 1 aromatic rings. The van der Waals surface area contributed by atoms with Crippen LogP contribution in [0.25, 0.3) is 0 Å². The van der Waals surface area contributed by atoms with E-state index in [1.54, 1.807) is 20.8 Å². The molecule has 0 fully saturated rings. The van der Waals surface area contributed by atoms with E-state index in [-0.39, 0.29) is 32.7 Å². The molecule has 1 aromatic carbocycles. The zero-order chi connectivity index (χ0) is 34.0. The number of esters is 1. The molecule has 6 N–H and O–H groups in total. The molecular weight excluding hydrogens is 593 g/mol. The summed E-state index contributed by atoms with van der Waals surface area (Å²) in [5.74, 6) is -1.36. The molecule has 0 bridgehead atoms. The summed E-state index contributed by atoms with van der Waals surface area (Å²) in [6.45, 7) is 14.3. The number of amidine groups is 1. The molecule has 0 aromatic heterocycles. The van der Waals surface area contributed by atoms with Crippen LogP contribution in [-0.4, -0.2) is 79.9 Å². The number of carbonyl (C=O) groups is 4. The minimum absolute atomic E-state index is 0.0663. The Morgan fingerprint density at radius 1 is 1.00 bits per heavy atom. The number of hydrogen-bond donors (Lipinski definition) is 4. The fourth-order valence-electron chi connectivity index (χ4n) is 4.40. The van der Waals surface area contributed by atoms with Crippen molar-refractivity contribution in [1.29, 1.82) is 0 Å². The van der Waals surface area contributed by atoms with Gasteiger partial charge in [-0.2, -0.15) is 0 Å². The van der Waals surface area contributed by atoms with Gasteiger partial charge in [0.1, 0.15) is 12.2 Å². The summed E-state index contributed by atoms with van der Waals surface area (Å²) in [5, 5.41) is 5.52. The van der Waals surface area contributed by atoms with Gasteiger partial charge in [0.2, 0.25) is 5.91 Å². The lowest BCUT2D eigenvalue weighted by atomic mass is 9.88. The van der Waals surface area contributed by atoms with Crippen molar-refractivity contribution < 1.29 is 28.7 Å². The monoisotopic (exact) mass is 649 g/mol. The molecule has 11 nitrogen and oxygen atoms in total. The lowest BCUT2D eigenvalue weighted by Crippen LogP contribution is -2.49. The summed E-state index contributed by atoms with van der Waals surface area (Å²) in [5.41, 5.74) is 12.5. The number of nitrogens with one attached hydrogen (secondary N) is 2. The number of ether oxygens (including phenoxy) is 2. The SMILES string of the molecule is CC(C)[C@H](CC(=O)[C@@H](CCCN=C(N)CP(C)C)NC(=O)[C@H](N)CCCCNC(=O)OC(C)(C)C)C(=O)OCc1ccccc1. The highest BCUT2D eigenvalue weighted by Gasteiger charge is 2.31. The van der Waals surface area contributed by atoms with E-state index in [0.29, 0.717) is 51.0 Å². The molecule has 1 rings (SSSR count). The number of nitrogens with zero attached hydrogens (tertiary/aromatic N) is 1. The number of alkyl carbamates (subject to hydrolysis) is 1. The van der Waals surface area contributed by atoms with Crippen LogP contribution in [0.3, 0.4) is 0 Å². The third-order valence-corrected chi connectivity index (χ3v) is 7.81. The quantitative estimate of drug-likeness (QED) is 0.0530. The molecule has 0 radical (unpaired) electrons. The first-order valence-corrected chi connectivity index (χ1v) is 18.2. The highest BCUT2D eigenvalue weighted by molar-refractivity contribution is 7.57. The second kappa shape index (κ2) is 20.9. The van der Waals surface area contributed by atoms with E-state index in [0.717, 1.165) is 11.7 Å². The first-order valence-electron chi connectivity index (χ1n) is 15.8. The third kappa shape index (κ3) is 18.5. The van der Waals surface area contributed by atoms with Gasteiger partial charge in [0.15, 0.2) is 5.78 Å². The minimum atomic E-state index is -0.833. The fraction of sp³-hybridized carbons (Fsp3) is 0.667. The van der Waals surface area contributed by atoms with Crippen molar-refractivity contribution in [2.75, 3.05) is 32.6 Å². The number of amides is 2. The van der Waals surface area contributed by atoms with Gasteiger partial charge in [-0.1, -0.05) is 44.2 Å². The number of carbonyl (C=O) groups excluding carboxylic acids is 4. The Kier molecular flexibility index (Phi) is 18.6.